The van der Waals surface area contributed by atoms with Crippen molar-refractivity contribution < 1.29 is 13.2 Å². The molecule has 128 valence electrons. The topological polar surface area (TPSA) is 75.3 Å². The van der Waals surface area contributed by atoms with Crippen molar-refractivity contribution in [3.8, 4) is 0 Å². The van der Waals surface area contributed by atoms with Gasteiger partial charge in [-0.2, -0.15) is 0 Å². The molecule has 2 aromatic rings. The largest absolute Gasteiger partial charge is 0.348 e. The maximum Gasteiger partial charge on any atom is 0.251 e. The molecule has 24 heavy (non-hydrogen) atoms. The summed E-state index contributed by atoms with van der Waals surface area (Å²) in [6.07, 6.45) is 0. The van der Waals surface area contributed by atoms with Crippen LogP contribution in [0.4, 0.5) is 0 Å². The summed E-state index contributed by atoms with van der Waals surface area (Å²) in [7, 11) is -3.61. The molecule has 0 unspecified atom stereocenters. The third kappa shape index (κ3) is 4.70. The fourth-order valence-electron chi connectivity index (χ4n) is 2.02. The van der Waals surface area contributed by atoms with Gasteiger partial charge in [0.2, 0.25) is 10.0 Å². The van der Waals surface area contributed by atoms with E-state index in [-0.39, 0.29) is 23.5 Å². The first-order valence-electron chi connectivity index (χ1n) is 7.15. The molecule has 8 heteroatoms. The van der Waals surface area contributed by atoms with Crippen LogP contribution in [0.25, 0.3) is 0 Å². The molecule has 5 nitrogen and oxygen atoms in total. The summed E-state index contributed by atoms with van der Waals surface area (Å²) in [5.74, 6) is -0.394. The van der Waals surface area contributed by atoms with Gasteiger partial charge >= 0.3 is 0 Å². The third-order valence-corrected chi connectivity index (χ3v) is 5.33. The molecule has 2 N–H and O–H groups in total. The number of nitrogens with one attached hydrogen (secondary N) is 2. The summed E-state index contributed by atoms with van der Waals surface area (Å²) in [4.78, 5) is 12.3. The predicted molar refractivity (Wildman–Crippen MR) is 94.9 cm³/mol. The minimum atomic E-state index is -3.61. The van der Waals surface area contributed by atoms with E-state index >= 15 is 0 Å². The number of sulfonamides is 1. The number of halogens is 2. The Bertz CT molecular complexity index is 854. The lowest BCUT2D eigenvalue weighted by Gasteiger charge is -2.09. The lowest BCUT2D eigenvalue weighted by atomic mass is 10.2. The highest BCUT2D eigenvalue weighted by atomic mass is 35.5. The van der Waals surface area contributed by atoms with Crippen LogP contribution in [0.15, 0.2) is 47.4 Å². The van der Waals surface area contributed by atoms with Gasteiger partial charge in [-0.15, -0.1) is 0 Å². The lowest BCUT2D eigenvalue weighted by Crippen LogP contribution is -2.25. The molecule has 0 heterocycles. The number of amides is 1. The van der Waals surface area contributed by atoms with E-state index in [2.05, 4.69) is 10.0 Å². The molecule has 2 rings (SSSR count). The maximum atomic E-state index is 12.2. The van der Waals surface area contributed by atoms with Crippen molar-refractivity contribution in [2.24, 2.45) is 0 Å². The highest BCUT2D eigenvalue weighted by Crippen LogP contribution is 2.21. The van der Waals surface area contributed by atoms with Crippen LogP contribution in [0, 0.1) is 0 Å². The van der Waals surface area contributed by atoms with Crippen molar-refractivity contribution in [1.82, 2.24) is 10.0 Å². The van der Waals surface area contributed by atoms with Gasteiger partial charge in [-0.3, -0.25) is 4.79 Å². The van der Waals surface area contributed by atoms with Crippen LogP contribution in [-0.4, -0.2) is 20.9 Å². The highest BCUT2D eigenvalue weighted by molar-refractivity contribution is 7.89. The molecule has 0 aliphatic heterocycles. The van der Waals surface area contributed by atoms with Gasteiger partial charge < -0.3 is 5.32 Å². The highest BCUT2D eigenvalue weighted by Gasteiger charge is 2.15. The predicted octanol–water partition coefficient (Wildman–Crippen LogP) is 3.22. The summed E-state index contributed by atoms with van der Waals surface area (Å²) >= 11 is 11.9. The van der Waals surface area contributed by atoms with E-state index in [0.717, 1.165) is 0 Å². The Labute approximate surface area is 151 Å². The first-order valence-corrected chi connectivity index (χ1v) is 9.39. The Morgan fingerprint density at radius 2 is 1.88 bits per heavy atom. The van der Waals surface area contributed by atoms with Crippen LogP contribution in [0.1, 0.15) is 22.8 Å². The van der Waals surface area contributed by atoms with E-state index in [1.54, 1.807) is 31.2 Å². The summed E-state index contributed by atoms with van der Waals surface area (Å²) in [5.41, 5.74) is 0.963. The van der Waals surface area contributed by atoms with Crippen molar-refractivity contribution in [1.29, 1.82) is 0 Å². The smallest absolute Gasteiger partial charge is 0.251 e. The number of benzene rings is 2. The first-order chi connectivity index (χ1) is 11.3. The van der Waals surface area contributed by atoms with E-state index in [0.29, 0.717) is 15.6 Å². The molecular weight excluding hydrogens is 371 g/mol. The first kappa shape index (κ1) is 18.7. The Kier molecular flexibility index (Phi) is 6.23. The Hall–Kier alpha value is -1.60. The number of hydrogen-bond acceptors (Lipinski definition) is 3. The molecule has 0 atom stereocenters. The van der Waals surface area contributed by atoms with Crippen molar-refractivity contribution >= 4 is 39.1 Å². The zero-order valence-electron chi connectivity index (χ0n) is 12.8. The Morgan fingerprint density at radius 3 is 2.54 bits per heavy atom. The zero-order chi connectivity index (χ0) is 17.7. The average molecular weight is 387 g/mol. The molecule has 0 aliphatic rings. The summed E-state index contributed by atoms with van der Waals surface area (Å²) in [6, 6.07) is 10.8. The van der Waals surface area contributed by atoms with E-state index in [4.69, 9.17) is 23.2 Å². The van der Waals surface area contributed by atoms with Crippen LogP contribution < -0.4 is 10.0 Å². The van der Waals surface area contributed by atoms with Gasteiger partial charge in [0.25, 0.3) is 5.91 Å². The summed E-state index contributed by atoms with van der Waals surface area (Å²) in [6.45, 7) is 2.16. The molecule has 0 saturated carbocycles. The van der Waals surface area contributed by atoms with Gasteiger partial charge in [-0.1, -0.05) is 42.3 Å². The average Bonchev–Trinajstić information content (AvgIpc) is 2.54. The van der Waals surface area contributed by atoms with Gasteiger partial charge in [-0.25, -0.2) is 13.1 Å². The van der Waals surface area contributed by atoms with Crippen LogP contribution in [0.2, 0.25) is 10.0 Å². The van der Waals surface area contributed by atoms with Crippen LogP contribution in [0.5, 0.6) is 0 Å². The summed E-state index contributed by atoms with van der Waals surface area (Å²) < 4.78 is 26.4. The van der Waals surface area contributed by atoms with Crippen LogP contribution in [-0.2, 0) is 16.6 Å². The Morgan fingerprint density at radius 1 is 1.12 bits per heavy atom. The number of carbonyl (C=O) groups is 1. The van der Waals surface area contributed by atoms with Crippen molar-refractivity contribution in [3.05, 3.63) is 63.6 Å². The molecule has 0 aliphatic carbocycles. The van der Waals surface area contributed by atoms with E-state index in [9.17, 15) is 13.2 Å². The quantitative estimate of drug-likeness (QED) is 0.799. The van der Waals surface area contributed by atoms with Gasteiger partial charge in [0, 0.05) is 28.7 Å². The number of rotatable bonds is 6. The van der Waals surface area contributed by atoms with Crippen LogP contribution in [0.3, 0.4) is 0 Å². The molecule has 0 spiro atoms. The molecule has 0 bridgehead atoms. The SMILES string of the molecule is CCNS(=O)(=O)c1cccc(C(=O)NCc2ccc(Cl)cc2Cl)c1. The third-order valence-electron chi connectivity index (χ3n) is 3.20. The number of carbonyl (C=O) groups excluding carboxylic acids is 1. The normalized spacial score (nSPS) is 11.3. The monoisotopic (exact) mass is 386 g/mol. The lowest BCUT2D eigenvalue weighted by molar-refractivity contribution is 0.0950. The van der Waals surface area contributed by atoms with Gasteiger partial charge in [0.05, 0.1) is 4.90 Å². The maximum absolute atomic E-state index is 12.2. The minimum Gasteiger partial charge on any atom is -0.348 e. The van der Waals surface area contributed by atoms with E-state index in [1.165, 1.54) is 18.2 Å². The van der Waals surface area contributed by atoms with Crippen molar-refractivity contribution in [2.45, 2.75) is 18.4 Å². The second-order valence-corrected chi connectivity index (χ2v) is 7.56. The number of hydrogen-bond donors (Lipinski definition) is 2. The molecule has 0 saturated heterocycles. The van der Waals surface area contributed by atoms with Crippen LogP contribution >= 0.6 is 23.2 Å². The van der Waals surface area contributed by atoms with Crippen molar-refractivity contribution in [2.75, 3.05) is 6.54 Å². The van der Waals surface area contributed by atoms with Gasteiger partial charge in [-0.05, 0) is 35.9 Å². The molecule has 0 fully saturated rings. The minimum absolute atomic E-state index is 0.0431. The molecule has 2 aromatic carbocycles. The van der Waals surface area contributed by atoms with E-state index in [1.807, 2.05) is 0 Å². The zero-order valence-corrected chi connectivity index (χ0v) is 15.2. The fraction of sp³-hybridized carbons (Fsp3) is 0.188. The molecule has 0 radical (unpaired) electrons. The van der Waals surface area contributed by atoms with Crippen molar-refractivity contribution in [3.63, 3.8) is 0 Å². The summed E-state index contributed by atoms with van der Waals surface area (Å²) in [5, 5.41) is 3.67. The molecule has 0 aromatic heterocycles. The van der Waals surface area contributed by atoms with Gasteiger partial charge in [0.1, 0.15) is 0 Å². The standard InChI is InChI=1S/C16H16Cl2N2O3S/c1-2-20-24(22,23)14-5-3-4-11(8-14)16(21)19-10-12-6-7-13(17)9-15(12)18/h3-9,20H,2,10H2,1H3,(H,19,21). The Balaban J connectivity index is 2.13. The van der Waals surface area contributed by atoms with Gasteiger partial charge in [0.15, 0.2) is 0 Å². The molecular formula is C16H16Cl2N2O3S. The fourth-order valence-corrected chi connectivity index (χ4v) is 3.58. The van der Waals surface area contributed by atoms with E-state index < -0.39 is 15.9 Å². The second kappa shape index (κ2) is 7.98. The second-order valence-electron chi connectivity index (χ2n) is 4.95. The molecule has 1 amide bonds.